The Bertz CT molecular complexity index is 1520. The molecular formula is C30H44FN5O5S2. The summed E-state index contributed by atoms with van der Waals surface area (Å²) < 4.78 is 44.1. The molecule has 238 valence electrons. The van der Waals surface area contributed by atoms with Gasteiger partial charge < -0.3 is 18.9 Å². The van der Waals surface area contributed by atoms with Crippen molar-refractivity contribution in [3.8, 4) is 11.5 Å². The summed E-state index contributed by atoms with van der Waals surface area (Å²) in [5.41, 5.74) is 0.841. The Labute approximate surface area is 261 Å². The molecule has 13 heteroatoms. The molecule has 0 saturated heterocycles. The molecule has 0 spiro atoms. The number of hydrogen-bond donors (Lipinski definition) is 1. The van der Waals surface area contributed by atoms with Crippen LogP contribution in [-0.2, 0) is 17.5 Å². The van der Waals surface area contributed by atoms with Gasteiger partial charge in [-0.3, -0.25) is 13.9 Å². The van der Waals surface area contributed by atoms with Crippen LogP contribution in [0, 0.1) is 5.82 Å². The smallest absolute Gasteiger partial charge is 0.280 e. The van der Waals surface area contributed by atoms with Crippen LogP contribution in [0.2, 0.25) is 0 Å². The minimum absolute atomic E-state index is 0.00708. The lowest BCUT2D eigenvalue weighted by atomic mass is 10.1. The number of carbonyl (C=O) groups excluding carboxylic acids is 1. The third-order valence-electron chi connectivity index (χ3n) is 7.32. The van der Waals surface area contributed by atoms with Crippen LogP contribution in [0.4, 0.5) is 10.2 Å². The molecule has 1 aromatic carbocycles. The van der Waals surface area contributed by atoms with Crippen LogP contribution < -0.4 is 19.3 Å². The number of methoxy groups -OCH3 is 1. The minimum Gasteiger partial charge on any atom is -0.493 e. The van der Waals surface area contributed by atoms with E-state index < -0.39 is 22.4 Å². The first-order chi connectivity index (χ1) is 20.7. The molecule has 10 nitrogen and oxygen atoms in total. The molecular weight excluding hydrogens is 593 g/mol. The maximum Gasteiger partial charge on any atom is 0.280 e. The van der Waals surface area contributed by atoms with Gasteiger partial charge in [0, 0.05) is 42.6 Å². The average Bonchev–Trinajstić information content (AvgIpc) is 3.37. The standard InChI is InChI=1S/C27H34FN5O5S.C2H6.CH4S/c1-6-32-25-22-21(24(37-5)23-27(35)30(16(2)3)14-17(4)33(22)23)26(34)31(29-25)15-18-9-10-19(28)13-20(18)38-11-7-8-12-39(32)36;2*1-2/h9-10,13,16-17H,6-8,11-12,14-15H2,1-5H3;1-2H3;2H,1H3. The number of amides is 1. The molecule has 2 bridgehead atoms. The number of aromatic nitrogens is 3. The van der Waals surface area contributed by atoms with E-state index in [0.717, 1.165) is 0 Å². The van der Waals surface area contributed by atoms with Crippen molar-refractivity contribution in [3.63, 3.8) is 0 Å². The van der Waals surface area contributed by atoms with Crippen LogP contribution in [-0.4, -0.2) is 74.2 Å². The van der Waals surface area contributed by atoms with Crippen LogP contribution in [0.15, 0.2) is 23.0 Å². The molecule has 0 saturated carbocycles. The molecule has 4 heterocycles. The number of ether oxygens (including phenoxy) is 2. The second kappa shape index (κ2) is 15.1. The van der Waals surface area contributed by atoms with Gasteiger partial charge in [-0.2, -0.15) is 12.6 Å². The summed E-state index contributed by atoms with van der Waals surface area (Å²) in [6, 6.07) is 3.96. The summed E-state index contributed by atoms with van der Waals surface area (Å²) in [7, 11) is -0.0157. The van der Waals surface area contributed by atoms with Crippen molar-refractivity contribution in [2.45, 2.75) is 73.0 Å². The Kier molecular flexibility index (Phi) is 12.1. The van der Waals surface area contributed by atoms with E-state index in [1.54, 1.807) is 21.5 Å². The van der Waals surface area contributed by atoms with E-state index in [4.69, 9.17) is 14.6 Å². The fourth-order valence-corrected chi connectivity index (χ4v) is 6.71. The number of halogens is 1. The molecule has 0 radical (unpaired) electrons. The molecule has 2 aromatic heterocycles. The molecule has 2 unspecified atom stereocenters. The SMILES string of the molecule is CC.CCN1c2nn(c(=O)c3c(OC)c4n(c23)C(C)CN(C(C)C)C4=O)Cc2ccc(F)cc2OCCCCS1=O.CS. The first-order valence-corrected chi connectivity index (χ1v) is 16.9. The summed E-state index contributed by atoms with van der Waals surface area (Å²) >= 11 is 3.53. The Balaban J connectivity index is 0.00000121. The number of thiol groups is 1. The molecule has 5 rings (SSSR count). The van der Waals surface area contributed by atoms with Gasteiger partial charge in [-0.05, 0) is 52.9 Å². The van der Waals surface area contributed by atoms with Crippen molar-refractivity contribution in [1.29, 1.82) is 0 Å². The number of benzene rings is 1. The highest BCUT2D eigenvalue weighted by Crippen LogP contribution is 2.41. The van der Waals surface area contributed by atoms with E-state index in [9.17, 15) is 18.2 Å². The predicted octanol–water partition coefficient (Wildman–Crippen LogP) is 5.05. The molecule has 1 amide bonds. The molecule has 0 aliphatic carbocycles. The van der Waals surface area contributed by atoms with Crippen LogP contribution in [0.25, 0.3) is 10.9 Å². The quantitative estimate of drug-likeness (QED) is 0.404. The Morgan fingerprint density at radius 1 is 1.21 bits per heavy atom. The topological polar surface area (TPSA) is 98.9 Å². The summed E-state index contributed by atoms with van der Waals surface area (Å²) in [6.07, 6.45) is 2.94. The highest BCUT2D eigenvalue weighted by molar-refractivity contribution is 7.86. The second-order valence-electron chi connectivity index (χ2n) is 10.2. The van der Waals surface area contributed by atoms with Gasteiger partial charge in [0.2, 0.25) is 0 Å². The number of rotatable bonds is 3. The van der Waals surface area contributed by atoms with E-state index in [0.29, 0.717) is 60.9 Å². The largest absolute Gasteiger partial charge is 0.493 e. The monoisotopic (exact) mass is 637 g/mol. The maximum absolute atomic E-state index is 14.1. The summed E-state index contributed by atoms with van der Waals surface area (Å²) in [4.78, 5) is 29.6. The maximum atomic E-state index is 14.1. The van der Waals surface area contributed by atoms with Gasteiger partial charge in [0.05, 0.1) is 20.3 Å². The molecule has 43 heavy (non-hydrogen) atoms. The van der Waals surface area contributed by atoms with Gasteiger partial charge in [-0.15, -0.1) is 5.10 Å². The summed E-state index contributed by atoms with van der Waals surface area (Å²) in [5, 5.41) is 4.95. The zero-order valence-electron chi connectivity index (χ0n) is 26.3. The van der Waals surface area contributed by atoms with Gasteiger partial charge in [0.25, 0.3) is 11.5 Å². The lowest BCUT2D eigenvalue weighted by molar-refractivity contribution is 0.0615. The average molecular weight is 638 g/mol. The number of hydrogen-bond acceptors (Lipinski definition) is 7. The lowest BCUT2D eigenvalue weighted by Crippen LogP contribution is -2.45. The van der Waals surface area contributed by atoms with Crippen LogP contribution in [0.1, 0.15) is 76.5 Å². The Morgan fingerprint density at radius 2 is 1.91 bits per heavy atom. The molecule has 0 N–H and O–H groups in total. The summed E-state index contributed by atoms with van der Waals surface area (Å²) in [6.45, 7) is 12.9. The minimum atomic E-state index is -1.46. The van der Waals surface area contributed by atoms with Crippen molar-refractivity contribution >= 4 is 46.2 Å². The second-order valence-corrected chi connectivity index (χ2v) is 11.7. The lowest BCUT2D eigenvalue weighted by Gasteiger charge is -2.36. The Hall–Kier alpha value is -3.06. The number of fused-ring (bicyclic) bond motifs is 7. The van der Waals surface area contributed by atoms with Crippen LogP contribution in [0.5, 0.6) is 11.5 Å². The summed E-state index contributed by atoms with van der Waals surface area (Å²) in [5.74, 6) is 0.526. The third-order valence-corrected chi connectivity index (χ3v) is 8.88. The molecule has 2 aliphatic rings. The van der Waals surface area contributed by atoms with Crippen molar-refractivity contribution in [3.05, 3.63) is 45.6 Å². The van der Waals surface area contributed by atoms with Crippen molar-refractivity contribution in [2.75, 3.05) is 43.1 Å². The van der Waals surface area contributed by atoms with Crippen LogP contribution >= 0.6 is 12.6 Å². The third kappa shape index (κ3) is 6.57. The van der Waals surface area contributed by atoms with E-state index in [1.807, 2.05) is 46.1 Å². The molecule has 2 atom stereocenters. The Morgan fingerprint density at radius 3 is 2.53 bits per heavy atom. The van der Waals surface area contributed by atoms with E-state index >= 15 is 0 Å². The number of nitrogens with zero attached hydrogens (tertiary/aromatic N) is 5. The van der Waals surface area contributed by atoms with Gasteiger partial charge in [0.15, 0.2) is 17.3 Å². The molecule has 2 aliphatic heterocycles. The number of carbonyl (C=O) groups is 1. The number of anilines is 1. The van der Waals surface area contributed by atoms with E-state index in [-0.39, 0.29) is 41.4 Å². The first kappa shape index (κ1) is 34.4. The fraction of sp³-hybridized carbons (Fsp3) is 0.567. The van der Waals surface area contributed by atoms with Gasteiger partial charge >= 0.3 is 0 Å². The molecule has 3 aromatic rings. The van der Waals surface area contributed by atoms with Gasteiger partial charge in [-0.1, -0.05) is 19.9 Å². The van der Waals surface area contributed by atoms with E-state index in [1.165, 1.54) is 23.9 Å². The highest BCUT2D eigenvalue weighted by atomic mass is 32.2. The zero-order valence-corrected chi connectivity index (χ0v) is 28.1. The first-order valence-electron chi connectivity index (χ1n) is 14.7. The molecule has 0 fully saturated rings. The van der Waals surface area contributed by atoms with Crippen molar-refractivity contribution < 1.29 is 22.9 Å². The fourth-order valence-electron chi connectivity index (χ4n) is 5.43. The highest BCUT2D eigenvalue weighted by Gasteiger charge is 2.39. The zero-order chi connectivity index (χ0) is 32.0. The van der Waals surface area contributed by atoms with Crippen LogP contribution in [0.3, 0.4) is 0 Å². The van der Waals surface area contributed by atoms with Crippen molar-refractivity contribution in [2.24, 2.45) is 0 Å². The predicted molar refractivity (Wildman–Crippen MR) is 174 cm³/mol. The normalized spacial score (nSPS) is 18.5. The van der Waals surface area contributed by atoms with Gasteiger partial charge in [0.1, 0.15) is 33.5 Å². The van der Waals surface area contributed by atoms with E-state index in [2.05, 4.69) is 12.6 Å². The van der Waals surface area contributed by atoms with Gasteiger partial charge in [-0.25, -0.2) is 13.3 Å². The van der Waals surface area contributed by atoms with Crippen molar-refractivity contribution in [1.82, 2.24) is 19.2 Å².